The summed E-state index contributed by atoms with van der Waals surface area (Å²) in [6.07, 6.45) is -3.76. The lowest BCUT2D eigenvalue weighted by Crippen LogP contribution is -2.60. The summed E-state index contributed by atoms with van der Waals surface area (Å²) in [6.45, 7) is -1.02. The first-order valence-electron chi connectivity index (χ1n) is 4.08. The summed E-state index contributed by atoms with van der Waals surface area (Å²) in [6, 6.07) is 0. The number of aliphatic hydroxyl groups excluding tert-OH is 3. The van der Waals surface area contributed by atoms with Crippen LogP contribution in [0.4, 0.5) is 0 Å². The van der Waals surface area contributed by atoms with Gasteiger partial charge in [-0.2, -0.15) is 0 Å². The van der Waals surface area contributed by atoms with E-state index in [-0.39, 0.29) is 6.21 Å². The van der Waals surface area contributed by atoms with Gasteiger partial charge in [-0.25, -0.2) is 5.32 Å². The molecule has 1 aliphatic heterocycles. The van der Waals surface area contributed by atoms with Crippen molar-refractivity contribution in [2.45, 2.75) is 23.7 Å². The maximum Gasteiger partial charge on any atom is 0.222 e. The van der Waals surface area contributed by atoms with Crippen LogP contribution in [0.1, 0.15) is 0 Å². The first kappa shape index (κ1) is 12.2. The number of hydrogen-bond donors (Lipinski definition) is 7. The van der Waals surface area contributed by atoms with Crippen LogP contribution in [0.5, 0.6) is 0 Å². The molecule has 8 nitrogen and oxygen atoms in total. The van der Waals surface area contributed by atoms with Crippen LogP contribution < -0.4 is 5.32 Å². The van der Waals surface area contributed by atoms with Crippen molar-refractivity contribution in [3.63, 3.8) is 0 Å². The molecule has 1 rings (SSSR count). The van der Waals surface area contributed by atoms with E-state index in [1.54, 1.807) is 5.32 Å². The van der Waals surface area contributed by atoms with Gasteiger partial charge in [0.25, 0.3) is 0 Å². The van der Waals surface area contributed by atoms with Gasteiger partial charge in [0.15, 0.2) is 5.72 Å². The standard InChI is InChI=1S/C7H12N2O6/c8-1-3(11)7(15)5(13)4(12)6(14,2-10)9-7/h1,4-5,8-10,12-15H,2H2. The van der Waals surface area contributed by atoms with Crippen LogP contribution in [0.3, 0.4) is 0 Å². The minimum atomic E-state index is -2.67. The molecule has 0 aromatic rings. The van der Waals surface area contributed by atoms with Crippen molar-refractivity contribution in [1.29, 1.82) is 5.41 Å². The molecule has 0 radical (unpaired) electrons. The van der Waals surface area contributed by atoms with E-state index in [2.05, 4.69) is 0 Å². The van der Waals surface area contributed by atoms with E-state index >= 15 is 0 Å². The maximum absolute atomic E-state index is 11.1. The van der Waals surface area contributed by atoms with Gasteiger partial charge in [-0.3, -0.25) is 4.79 Å². The Morgan fingerprint density at radius 3 is 2.27 bits per heavy atom. The Bertz CT molecular complexity index is 297. The SMILES string of the molecule is N=CC(=O)C1(O)NC(O)(CO)C(O)C1O. The van der Waals surface area contributed by atoms with E-state index in [1.807, 2.05) is 0 Å². The molecule has 0 saturated carbocycles. The number of ketones is 1. The Balaban J connectivity index is 3.07. The Morgan fingerprint density at radius 2 is 1.93 bits per heavy atom. The van der Waals surface area contributed by atoms with Gasteiger partial charge in [0, 0.05) is 0 Å². The van der Waals surface area contributed by atoms with E-state index in [4.69, 9.17) is 10.5 Å². The summed E-state index contributed by atoms with van der Waals surface area (Å²) in [7, 11) is 0. The van der Waals surface area contributed by atoms with Crippen molar-refractivity contribution in [1.82, 2.24) is 5.32 Å². The lowest BCUT2D eigenvalue weighted by Gasteiger charge is -2.25. The molecule has 1 fully saturated rings. The van der Waals surface area contributed by atoms with Crippen molar-refractivity contribution in [2.75, 3.05) is 6.61 Å². The zero-order valence-electron chi connectivity index (χ0n) is 7.58. The topological polar surface area (TPSA) is 154 Å². The summed E-state index contributed by atoms with van der Waals surface area (Å²) < 4.78 is 0. The van der Waals surface area contributed by atoms with E-state index in [0.29, 0.717) is 0 Å². The minimum Gasteiger partial charge on any atom is -0.392 e. The van der Waals surface area contributed by atoms with E-state index in [9.17, 15) is 25.2 Å². The van der Waals surface area contributed by atoms with Gasteiger partial charge in [0.1, 0.15) is 12.2 Å². The quantitative estimate of drug-likeness (QED) is 0.238. The largest absolute Gasteiger partial charge is 0.392 e. The van der Waals surface area contributed by atoms with Gasteiger partial charge in [-0.15, -0.1) is 0 Å². The highest BCUT2D eigenvalue weighted by atomic mass is 16.4. The number of hydrogen-bond acceptors (Lipinski definition) is 8. The molecule has 0 aromatic heterocycles. The zero-order valence-corrected chi connectivity index (χ0v) is 7.58. The van der Waals surface area contributed by atoms with Crippen molar-refractivity contribution < 1.29 is 30.3 Å². The number of aliphatic hydroxyl groups is 5. The molecule has 4 atom stereocenters. The molecule has 1 aliphatic rings. The maximum atomic E-state index is 11.1. The van der Waals surface area contributed by atoms with Gasteiger partial charge in [0.2, 0.25) is 11.5 Å². The smallest absolute Gasteiger partial charge is 0.222 e. The van der Waals surface area contributed by atoms with Crippen molar-refractivity contribution >= 4 is 12.0 Å². The summed E-state index contributed by atoms with van der Waals surface area (Å²) in [5, 5.41) is 54.8. The third-order valence-electron chi connectivity index (χ3n) is 2.37. The van der Waals surface area contributed by atoms with Crippen LogP contribution in [-0.4, -0.2) is 67.8 Å². The zero-order chi connectivity index (χ0) is 11.9. The van der Waals surface area contributed by atoms with Gasteiger partial charge >= 0.3 is 0 Å². The molecular weight excluding hydrogens is 208 g/mol. The molecule has 0 spiro atoms. The number of carbonyl (C=O) groups is 1. The monoisotopic (exact) mass is 220 g/mol. The first-order valence-corrected chi connectivity index (χ1v) is 4.08. The predicted molar refractivity (Wildman–Crippen MR) is 45.9 cm³/mol. The second kappa shape index (κ2) is 3.59. The van der Waals surface area contributed by atoms with Crippen molar-refractivity contribution in [3.8, 4) is 0 Å². The molecule has 0 aliphatic carbocycles. The van der Waals surface area contributed by atoms with Crippen LogP contribution in [-0.2, 0) is 4.79 Å². The fourth-order valence-electron chi connectivity index (χ4n) is 1.42. The van der Waals surface area contributed by atoms with Crippen molar-refractivity contribution in [3.05, 3.63) is 0 Å². The highest BCUT2D eigenvalue weighted by molar-refractivity contribution is 6.30. The van der Waals surface area contributed by atoms with Gasteiger partial charge in [-0.1, -0.05) is 0 Å². The third-order valence-corrected chi connectivity index (χ3v) is 2.37. The predicted octanol–water partition coefficient (Wildman–Crippen LogP) is -4.10. The molecule has 1 heterocycles. The molecule has 1 saturated heterocycles. The minimum absolute atomic E-state index is 0.228. The summed E-state index contributed by atoms with van der Waals surface area (Å²) in [5.41, 5.74) is -5.05. The van der Waals surface area contributed by atoms with Crippen molar-refractivity contribution in [2.24, 2.45) is 0 Å². The Hall–Kier alpha value is -0.900. The average molecular weight is 220 g/mol. The lowest BCUT2D eigenvalue weighted by atomic mass is 10.0. The number of carbonyl (C=O) groups excluding carboxylic acids is 1. The average Bonchev–Trinajstić information content (AvgIpc) is 2.41. The number of rotatable bonds is 3. The van der Waals surface area contributed by atoms with E-state index in [1.165, 1.54) is 0 Å². The highest BCUT2D eigenvalue weighted by Gasteiger charge is 2.62. The molecule has 0 amide bonds. The first-order chi connectivity index (χ1) is 6.81. The summed E-state index contributed by atoms with van der Waals surface area (Å²) >= 11 is 0. The van der Waals surface area contributed by atoms with Gasteiger partial charge in [-0.05, 0) is 0 Å². The molecule has 4 unspecified atom stereocenters. The highest BCUT2D eigenvalue weighted by Crippen LogP contribution is 2.28. The van der Waals surface area contributed by atoms with Crippen LogP contribution in [0.2, 0.25) is 0 Å². The second-order valence-corrected chi connectivity index (χ2v) is 3.37. The third kappa shape index (κ3) is 1.57. The Kier molecular flexibility index (Phi) is 2.92. The second-order valence-electron chi connectivity index (χ2n) is 3.37. The number of Topliss-reactive ketones (excluding diaryl/α,β-unsaturated/α-hetero) is 1. The molecule has 15 heavy (non-hydrogen) atoms. The molecule has 86 valence electrons. The molecule has 8 heteroatoms. The summed E-state index contributed by atoms with van der Waals surface area (Å²) in [5.74, 6) is -1.24. The van der Waals surface area contributed by atoms with Gasteiger partial charge in [0.05, 0.1) is 12.8 Å². The summed E-state index contributed by atoms with van der Waals surface area (Å²) in [4.78, 5) is 11.1. The Morgan fingerprint density at radius 1 is 1.40 bits per heavy atom. The van der Waals surface area contributed by atoms with Crippen LogP contribution in [0.15, 0.2) is 0 Å². The normalized spacial score (nSPS) is 45.4. The van der Waals surface area contributed by atoms with Crippen LogP contribution in [0.25, 0.3) is 0 Å². The Labute approximate surface area is 84.3 Å². The van der Waals surface area contributed by atoms with Crippen LogP contribution in [0, 0.1) is 5.41 Å². The molecule has 0 bridgehead atoms. The van der Waals surface area contributed by atoms with Crippen LogP contribution >= 0.6 is 0 Å². The molecular formula is C7H12N2O6. The fourth-order valence-corrected chi connectivity index (χ4v) is 1.42. The van der Waals surface area contributed by atoms with E-state index in [0.717, 1.165) is 0 Å². The van der Waals surface area contributed by atoms with E-state index < -0.39 is 36.0 Å². The molecule has 0 aromatic carbocycles. The fraction of sp³-hybridized carbons (Fsp3) is 0.714. The van der Waals surface area contributed by atoms with Gasteiger partial charge < -0.3 is 30.9 Å². The number of nitrogens with one attached hydrogen (secondary N) is 2. The molecule has 7 N–H and O–H groups in total. The lowest BCUT2D eigenvalue weighted by molar-refractivity contribution is -0.147.